The molecular formula is C24H45N7O11. The summed E-state index contributed by atoms with van der Waals surface area (Å²) in [6.45, 7) is 6.45. The molecule has 0 fully saturated rings. The smallest absolute Gasteiger partial charge is 0.305 e. The average molecular weight is 608 g/mol. The summed E-state index contributed by atoms with van der Waals surface area (Å²) in [5, 5.41) is 15.3. The standard InChI is InChI=1S/C24H45N7O11/c25-29-27-3-9-37-15-19-41-21-17-39-11-5-31(23(32)1-7-35-13-14-36-8-2-24(33)34)6-12-40-18-22-42-20-16-38-10-4-28-30-26/h1-22H2,(H,33,34). The Morgan fingerprint density at radius 1 is 0.524 bits per heavy atom. The predicted octanol–water partition coefficient (Wildman–Crippen LogP) is 1.43. The normalized spacial score (nSPS) is 10.7. The van der Waals surface area contributed by atoms with Gasteiger partial charge in [0.25, 0.3) is 0 Å². The van der Waals surface area contributed by atoms with E-state index in [9.17, 15) is 9.59 Å². The van der Waals surface area contributed by atoms with E-state index in [1.807, 2.05) is 0 Å². The fourth-order valence-corrected chi connectivity index (χ4v) is 2.89. The molecule has 18 heteroatoms. The van der Waals surface area contributed by atoms with E-state index in [0.29, 0.717) is 92.4 Å². The van der Waals surface area contributed by atoms with Crippen molar-refractivity contribution < 1.29 is 52.6 Å². The second kappa shape index (κ2) is 32.8. The van der Waals surface area contributed by atoms with Crippen molar-refractivity contribution in [3.05, 3.63) is 20.9 Å². The lowest BCUT2D eigenvalue weighted by atomic mass is 10.3. The molecule has 0 bridgehead atoms. The van der Waals surface area contributed by atoms with Crippen molar-refractivity contribution in [1.82, 2.24) is 4.90 Å². The second-order valence-corrected chi connectivity index (χ2v) is 8.08. The molecule has 18 nitrogen and oxygen atoms in total. The number of carbonyl (C=O) groups is 2. The van der Waals surface area contributed by atoms with E-state index < -0.39 is 5.97 Å². The van der Waals surface area contributed by atoms with E-state index in [2.05, 4.69) is 20.1 Å². The topological polar surface area (TPSA) is 229 Å². The summed E-state index contributed by atoms with van der Waals surface area (Å²) in [5.74, 6) is -1.04. The highest BCUT2D eigenvalue weighted by molar-refractivity contribution is 5.76. The molecule has 1 amide bonds. The van der Waals surface area contributed by atoms with Crippen LogP contribution in [0.5, 0.6) is 0 Å². The first-order valence-corrected chi connectivity index (χ1v) is 13.7. The maximum atomic E-state index is 12.7. The second-order valence-electron chi connectivity index (χ2n) is 8.08. The summed E-state index contributed by atoms with van der Waals surface area (Å²) in [6, 6.07) is 0. The summed E-state index contributed by atoms with van der Waals surface area (Å²) in [7, 11) is 0. The van der Waals surface area contributed by atoms with Crippen LogP contribution in [0, 0.1) is 0 Å². The number of hydrogen-bond donors (Lipinski definition) is 1. The van der Waals surface area contributed by atoms with Crippen LogP contribution in [0.1, 0.15) is 12.8 Å². The van der Waals surface area contributed by atoms with Crippen molar-refractivity contribution in [2.75, 3.05) is 132 Å². The number of azide groups is 2. The molecule has 0 saturated carbocycles. The third-order valence-electron chi connectivity index (χ3n) is 4.94. The molecule has 0 spiro atoms. The van der Waals surface area contributed by atoms with Gasteiger partial charge >= 0.3 is 5.97 Å². The SMILES string of the molecule is [N-]=[N+]=NCCOCCOCCOCCN(CCOCCOCCOCCN=[N+]=[N-])C(=O)CCOCCOCCC(=O)O. The van der Waals surface area contributed by atoms with Crippen molar-refractivity contribution in [3.63, 3.8) is 0 Å². The Hall–Kier alpha value is -2.76. The minimum atomic E-state index is -0.926. The number of rotatable bonds is 33. The Morgan fingerprint density at radius 2 is 0.857 bits per heavy atom. The van der Waals surface area contributed by atoms with Crippen LogP contribution in [-0.2, 0) is 47.5 Å². The van der Waals surface area contributed by atoms with Crippen LogP contribution in [0.25, 0.3) is 20.9 Å². The van der Waals surface area contributed by atoms with E-state index in [1.54, 1.807) is 4.90 Å². The monoisotopic (exact) mass is 607 g/mol. The number of carbonyl (C=O) groups excluding carboxylic acids is 1. The summed E-state index contributed by atoms with van der Waals surface area (Å²) in [6.07, 6.45) is 0.0969. The van der Waals surface area contributed by atoms with Gasteiger partial charge < -0.3 is 47.9 Å². The molecule has 0 aliphatic rings. The predicted molar refractivity (Wildman–Crippen MR) is 148 cm³/mol. The van der Waals surface area contributed by atoms with Crippen molar-refractivity contribution in [2.24, 2.45) is 10.2 Å². The van der Waals surface area contributed by atoms with Crippen LogP contribution >= 0.6 is 0 Å². The molecule has 0 radical (unpaired) electrons. The number of nitrogens with zero attached hydrogens (tertiary/aromatic N) is 7. The van der Waals surface area contributed by atoms with Crippen LogP contribution in [0.4, 0.5) is 0 Å². The molecule has 1 N–H and O–H groups in total. The number of ether oxygens (including phenoxy) is 8. The Kier molecular flexibility index (Phi) is 30.6. The molecule has 42 heavy (non-hydrogen) atoms. The molecule has 0 atom stereocenters. The summed E-state index contributed by atoms with van der Waals surface area (Å²) in [5.41, 5.74) is 16.4. The number of carboxylic acid groups (broad SMARTS) is 1. The number of carboxylic acids is 1. The molecule has 0 aliphatic carbocycles. The van der Waals surface area contributed by atoms with Gasteiger partial charge in [-0.25, -0.2) is 0 Å². The van der Waals surface area contributed by atoms with Crippen molar-refractivity contribution >= 4 is 11.9 Å². The van der Waals surface area contributed by atoms with Crippen LogP contribution in [-0.4, -0.2) is 154 Å². The summed E-state index contributed by atoms with van der Waals surface area (Å²) < 4.78 is 43.0. The largest absolute Gasteiger partial charge is 0.481 e. The third kappa shape index (κ3) is 30.2. The zero-order chi connectivity index (χ0) is 30.8. The highest BCUT2D eigenvalue weighted by atomic mass is 16.6. The Labute approximate surface area is 245 Å². The summed E-state index contributed by atoms with van der Waals surface area (Å²) in [4.78, 5) is 30.1. The van der Waals surface area contributed by atoms with Gasteiger partial charge in [0, 0.05) is 36.0 Å². The molecule has 0 aliphatic heterocycles. The molecule has 0 saturated heterocycles. The molecule has 0 aromatic heterocycles. The Balaban J connectivity index is 4.11. The zero-order valence-electron chi connectivity index (χ0n) is 24.2. The van der Waals surface area contributed by atoms with E-state index in [-0.39, 0.29) is 58.3 Å². The number of hydrogen-bond acceptors (Lipinski definition) is 12. The minimum Gasteiger partial charge on any atom is -0.481 e. The lowest BCUT2D eigenvalue weighted by Gasteiger charge is -2.23. The first kappa shape index (κ1) is 39.2. The average Bonchev–Trinajstić information content (AvgIpc) is 2.98. The van der Waals surface area contributed by atoms with Crippen LogP contribution in [0.15, 0.2) is 10.2 Å². The van der Waals surface area contributed by atoms with Crippen molar-refractivity contribution in [2.45, 2.75) is 12.8 Å². The van der Waals surface area contributed by atoms with Gasteiger partial charge in [-0.1, -0.05) is 10.2 Å². The van der Waals surface area contributed by atoms with Gasteiger partial charge in [-0.2, -0.15) is 0 Å². The van der Waals surface area contributed by atoms with Crippen LogP contribution in [0.2, 0.25) is 0 Å². The maximum absolute atomic E-state index is 12.7. The van der Waals surface area contributed by atoms with Gasteiger partial charge in [-0.05, 0) is 11.1 Å². The highest BCUT2D eigenvalue weighted by Gasteiger charge is 2.13. The quantitative estimate of drug-likeness (QED) is 0.0485. The molecule has 0 aromatic carbocycles. The first-order chi connectivity index (χ1) is 20.6. The van der Waals surface area contributed by atoms with E-state index in [1.165, 1.54) is 0 Å². The molecule has 0 rings (SSSR count). The first-order valence-electron chi connectivity index (χ1n) is 13.7. The van der Waals surface area contributed by atoms with Crippen LogP contribution < -0.4 is 0 Å². The van der Waals surface area contributed by atoms with Gasteiger partial charge in [-0.3, -0.25) is 9.59 Å². The van der Waals surface area contributed by atoms with Gasteiger partial charge in [0.05, 0.1) is 119 Å². The molecule has 0 aromatic rings. The summed E-state index contributed by atoms with van der Waals surface area (Å²) >= 11 is 0. The molecule has 0 heterocycles. The highest BCUT2D eigenvalue weighted by Crippen LogP contribution is 1.98. The van der Waals surface area contributed by atoms with E-state index >= 15 is 0 Å². The van der Waals surface area contributed by atoms with E-state index in [0.717, 1.165) is 0 Å². The van der Waals surface area contributed by atoms with Gasteiger partial charge in [0.15, 0.2) is 0 Å². The van der Waals surface area contributed by atoms with E-state index in [4.69, 9.17) is 54.1 Å². The molecular weight excluding hydrogens is 562 g/mol. The van der Waals surface area contributed by atoms with Gasteiger partial charge in [0.2, 0.25) is 5.91 Å². The number of amides is 1. The van der Waals surface area contributed by atoms with Crippen LogP contribution in [0.3, 0.4) is 0 Å². The van der Waals surface area contributed by atoms with Gasteiger partial charge in [-0.15, -0.1) is 0 Å². The van der Waals surface area contributed by atoms with Gasteiger partial charge in [0.1, 0.15) is 0 Å². The fourth-order valence-electron chi connectivity index (χ4n) is 2.89. The third-order valence-corrected chi connectivity index (χ3v) is 4.94. The minimum absolute atomic E-state index is 0.0705. The lowest BCUT2D eigenvalue weighted by molar-refractivity contribution is -0.138. The molecule has 242 valence electrons. The zero-order valence-corrected chi connectivity index (χ0v) is 24.2. The Bertz CT molecular complexity index is 714. The fraction of sp³-hybridized carbons (Fsp3) is 0.917. The molecule has 0 unspecified atom stereocenters. The maximum Gasteiger partial charge on any atom is 0.305 e. The Morgan fingerprint density at radius 3 is 1.24 bits per heavy atom. The number of aliphatic carboxylic acids is 1. The van der Waals surface area contributed by atoms with Crippen molar-refractivity contribution in [1.29, 1.82) is 0 Å². The lowest BCUT2D eigenvalue weighted by Crippen LogP contribution is -2.37. The van der Waals surface area contributed by atoms with Crippen molar-refractivity contribution in [3.8, 4) is 0 Å².